The summed E-state index contributed by atoms with van der Waals surface area (Å²) in [6.07, 6.45) is 23.0. The lowest BCUT2D eigenvalue weighted by Crippen LogP contribution is -2.36. The van der Waals surface area contributed by atoms with Gasteiger partial charge in [0.1, 0.15) is 0 Å². The van der Waals surface area contributed by atoms with E-state index in [4.69, 9.17) is 68.0 Å². The summed E-state index contributed by atoms with van der Waals surface area (Å²) in [7, 11) is 0. The highest BCUT2D eigenvalue weighted by Crippen LogP contribution is 2.42. The number of pyridine rings is 5. The van der Waals surface area contributed by atoms with Gasteiger partial charge >= 0.3 is 0 Å². The molecular weight excluding hydrogens is 1900 g/mol. The van der Waals surface area contributed by atoms with Crippen LogP contribution >= 0.6 is 58.0 Å². The molecule has 17 rings (SSSR count). The first-order valence-electron chi connectivity index (χ1n) is 52.5. The lowest BCUT2D eigenvalue weighted by molar-refractivity contribution is 0.221. The van der Waals surface area contributed by atoms with Crippen molar-refractivity contribution in [1.29, 1.82) is 0 Å². The summed E-state index contributed by atoms with van der Waals surface area (Å²) in [5.74, 6) is 0. The van der Waals surface area contributed by atoms with Crippen LogP contribution in [0, 0.1) is 20.8 Å². The summed E-state index contributed by atoms with van der Waals surface area (Å²) in [5, 5.41) is 45.2. The third-order valence-electron chi connectivity index (χ3n) is 25.8. The van der Waals surface area contributed by atoms with Crippen molar-refractivity contribution < 1.29 is 0 Å². The second-order valence-electron chi connectivity index (χ2n) is 44.1. The number of nitrogens with zero attached hydrogens (tertiary/aromatic N) is 7. The van der Waals surface area contributed by atoms with Gasteiger partial charge in [0, 0.05) is 197 Å². The molecule has 5 aromatic heterocycles. The normalized spacial score (nSPS) is 13.2. The van der Waals surface area contributed by atoms with Crippen LogP contribution in [0.3, 0.4) is 0 Å². The maximum Gasteiger partial charge on any atom is 0.0738 e. The average Bonchev–Trinajstić information content (AvgIpc) is 0.810. The Morgan fingerprint density at radius 3 is 0.685 bits per heavy atom. The molecule has 0 spiro atoms. The molecule has 22 heteroatoms. The Labute approximate surface area is 895 Å². The molecule has 0 saturated carbocycles. The van der Waals surface area contributed by atoms with Gasteiger partial charge in [-0.15, -0.1) is 0 Å². The summed E-state index contributed by atoms with van der Waals surface area (Å²) in [6.45, 7) is 54.4. The first-order chi connectivity index (χ1) is 69.8. The fourth-order valence-electron chi connectivity index (χ4n) is 18.1. The van der Waals surface area contributed by atoms with Crippen molar-refractivity contribution in [1.82, 2.24) is 56.4 Å². The summed E-state index contributed by atoms with van der Waals surface area (Å²) < 4.78 is 0. The third kappa shape index (κ3) is 34.9. The van der Waals surface area contributed by atoms with Gasteiger partial charge in [0.25, 0.3) is 0 Å². The van der Waals surface area contributed by atoms with Crippen LogP contribution in [0.15, 0.2) is 243 Å². The molecule has 2 aliphatic heterocycles. The minimum Gasteiger partial charge on any atom is -0.384 e. The highest BCUT2D eigenvalue weighted by atomic mass is 35.5. The molecule has 0 bridgehead atoms. The van der Waals surface area contributed by atoms with Gasteiger partial charge in [0.05, 0.1) is 56.0 Å². The van der Waals surface area contributed by atoms with Crippen LogP contribution < -0.4 is 58.1 Å². The molecule has 146 heavy (non-hydrogen) atoms. The molecule has 7 heterocycles. The zero-order valence-electron chi connectivity index (χ0n) is 89.5. The molecule has 17 nitrogen and oxygen atoms in total. The first-order valence-corrected chi connectivity index (χ1v) is 54.4. The van der Waals surface area contributed by atoms with Crippen molar-refractivity contribution >= 4 is 147 Å². The molecule has 0 amide bonds. The van der Waals surface area contributed by atoms with Crippen molar-refractivity contribution in [3.63, 3.8) is 0 Å². The number of fused-ring (bicyclic) bond motifs is 5. The van der Waals surface area contributed by atoms with Gasteiger partial charge < -0.3 is 58.1 Å². The van der Waals surface area contributed by atoms with E-state index in [-0.39, 0.29) is 27.7 Å². The minimum absolute atomic E-state index is 0.140. The fraction of sp³-hybridized carbons (Fsp3) is 0.395. The van der Waals surface area contributed by atoms with E-state index in [0.717, 1.165) is 228 Å². The zero-order chi connectivity index (χ0) is 104. The minimum atomic E-state index is 0.140. The Morgan fingerprint density at radius 1 is 0.247 bits per heavy atom. The van der Waals surface area contributed by atoms with Crippen LogP contribution in [0.4, 0.5) is 34.1 Å². The molecule has 0 aliphatic carbocycles. The number of aromatic nitrogens is 5. The highest BCUT2D eigenvalue weighted by Gasteiger charge is 2.23. The molecule has 0 atom stereocenters. The molecule has 2 aliphatic rings. The van der Waals surface area contributed by atoms with E-state index in [2.05, 4.69) is 354 Å². The number of anilines is 6. The Morgan fingerprint density at radius 2 is 0.459 bits per heavy atom. The molecule has 0 radical (unpaired) electrons. The molecule has 10 aromatic carbocycles. The topological polar surface area (TPSA) is 191 Å². The Balaban J connectivity index is 0.000000153. The maximum atomic E-state index is 6.24. The molecule has 0 unspecified atom stereocenters. The largest absolute Gasteiger partial charge is 0.384 e. The number of halogens is 5. The monoisotopic (exact) mass is 2060 g/mol. The fourth-order valence-corrected chi connectivity index (χ4v) is 18.9. The van der Waals surface area contributed by atoms with E-state index in [1.807, 2.05) is 91.6 Å². The summed E-state index contributed by atoms with van der Waals surface area (Å²) in [6, 6.07) is 73.4. The molecule has 772 valence electrons. The van der Waals surface area contributed by atoms with Gasteiger partial charge in [-0.05, 0) is 371 Å². The van der Waals surface area contributed by atoms with E-state index in [0.29, 0.717) is 25.1 Å². The number of nitrogens with one attached hydrogen (secondary N) is 10. The lowest BCUT2D eigenvalue weighted by Gasteiger charge is -2.29. The maximum absolute atomic E-state index is 6.24. The second-order valence-corrected chi connectivity index (χ2v) is 46.2. The number of hydrogen-bond donors (Lipinski definition) is 10. The number of benzene rings is 10. The van der Waals surface area contributed by atoms with Crippen LogP contribution in [0.2, 0.25) is 25.1 Å². The van der Waals surface area contributed by atoms with E-state index in [9.17, 15) is 0 Å². The Hall–Kier alpha value is -10.7. The zero-order valence-corrected chi connectivity index (χ0v) is 93.3. The van der Waals surface area contributed by atoms with Gasteiger partial charge in [-0.3, -0.25) is 29.8 Å². The first kappa shape index (κ1) is 112. The molecule has 2 saturated heterocycles. The summed E-state index contributed by atoms with van der Waals surface area (Å²) in [5.41, 5.74) is 28.9. The number of likely N-dealkylation sites (tertiary alicyclic amines) is 1. The molecule has 10 N–H and O–H groups in total. The standard InChI is InChI=1S/C28H37ClN4.C27H35ClN4.3C23H28ClN3/c1-28(2,3)32-15-7-14-30-27-24-13-12-23(29)18-26(24)31-19-25(27)22-10-8-21(9-11-22)20-33-16-5-4-6-17-33;1-27(2,3)31-15-7-14-29-26-23-13-10-21(28)18-25(23)30-19-24(26)20-8-11-22(12-9-20)32-16-5-4-6-17-32;3*1-16-6-8-17(9-7-16)20-15-26-21-14-18(24)10-11-19(21)22(20)25-12-5-13-27-23(2,3)4/h8-13,18-19,32H,4-7,14-17,20H2,1-3H3,(H,30,31);8-13,18-19,31H,4-7,14-17H2,1-3H3,(H,29,30);3*6-11,14-15,27H,5,12-13H2,1-4H3,(H,25,26). The quantitative estimate of drug-likeness (QED) is 0.0175. The predicted molar refractivity (Wildman–Crippen MR) is 635 cm³/mol. The molecule has 15 aromatic rings. The van der Waals surface area contributed by atoms with Crippen molar-refractivity contribution in [3.05, 3.63) is 291 Å². The van der Waals surface area contributed by atoms with Crippen molar-refractivity contribution in [2.75, 3.05) is 123 Å². The average molecular weight is 2060 g/mol. The van der Waals surface area contributed by atoms with Crippen LogP contribution in [-0.4, -0.2) is 149 Å². The number of piperidine rings is 2. The van der Waals surface area contributed by atoms with Crippen LogP contribution in [0.5, 0.6) is 0 Å². The SMILES string of the molecule is CC(C)(C)NCCCNc1c(-c2ccc(CN3CCCCC3)cc2)cnc2cc(Cl)ccc12.CC(C)(C)NCCCNc1c(-c2ccc(N3CCCCC3)cc2)cnc2cc(Cl)ccc12.Cc1ccc(-c2cnc3cc(Cl)ccc3c2NCCCNC(C)(C)C)cc1.Cc1ccc(-c2cnc3cc(Cl)ccc3c2NCCCNC(C)(C)C)cc1.Cc1ccc(-c2cnc3cc(Cl)ccc3c2NCCCNC(C)(C)C)cc1. The van der Waals surface area contributed by atoms with Gasteiger partial charge in [0.2, 0.25) is 0 Å². The lowest BCUT2D eigenvalue weighted by atomic mass is 10.0. The van der Waals surface area contributed by atoms with Gasteiger partial charge in [-0.2, -0.15) is 0 Å². The number of hydrogen-bond acceptors (Lipinski definition) is 17. The Kier molecular flexibility index (Phi) is 41.1. The van der Waals surface area contributed by atoms with E-state index < -0.39 is 0 Å². The van der Waals surface area contributed by atoms with Gasteiger partial charge in [-0.25, -0.2) is 0 Å². The van der Waals surface area contributed by atoms with E-state index in [1.165, 1.54) is 107 Å². The predicted octanol–water partition coefficient (Wildman–Crippen LogP) is 31.6. The van der Waals surface area contributed by atoms with Crippen LogP contribution in [0.25, 0.3) is 110 Å². The van der Waals surface area contributed by atoms with Crippen LogP contribution in [-0.2, 0) is 6.54 Å². The summed E-state index contributed by atoms with van der Waals surface area (Å²) >= 11 is 31.0. The smallest absolute Gasteiger partial charge is 0.0738 e. The third-order valence-corrected chi connectivity index (χ3v) is 27.0. The van der Waals surface area contributed by atoms with E-state index in [1.54, 1.807) is 0 Å². The molecule has 2 fully saturated rings. The van der Waals surface area contributed by atoms with Crippen molar-refractivity contribution in [3.8, 4) is 55.6 Å². The Bertz CT molecular complexity index is 6320. The van der Waals surface area contributed by atoms with E-state index >= 15 is 0 Å². The highest BCUT2D eigenvalue weighted by molar-refractivity contribution is 6.33. The van der Waals surface area contributed by atoms with Crippen molar-refractivity contribution in [2.24, 2.45) is 0 Å². The van der Waals surface area contributed by atoms with Gasteiger partial charge in [0.15, 0.2) is 0 Å². The van der Waals surface area contributed by atoms with Crippen LogP contribution in [0.1, 0.15) is 197 Å². The van der Waals surface area contributed by atoms with Crippen molar-refractivity contribution in [2.45, 2.75) is 229 Å². The van der Waals surface area contributed by atoms with Gasteiger partial charge in [-0.1, -0.05) is 190 Å². The number of rotatable bonds is 33. The number of aryl methyl sites for hydroxylation is 3. The molecular formula is C124H156Cl5N17. The summed E-state index contributed by atoms with van der Waals surface area (Å²) in [4.78, 5) is 28.4. The second kappa shape index (κ2) is 53.4.